The first-order valence-electron chi connectivity index (χ1n) is 5.91. The Balaban J connectivity index is 2.38. The summed E-state index contributed by atoms with van der Waals surface area (Å²) in [5.74, 6) is -0.475. The SMILES string of the molecule is CCN(C(=O)c1ccnc(N)c1)c1ccccc1F. The van der Waals surface area contributed by atoms with E-state index in [4.69, 9.17) is 5.73 Å². The maximum absolute atomic E-state index is 13.8. The van der Waals surface area contributed by atoms with Crippen LogP contribution in [0.1, 0.15) is 17.3 Å². The first-order chi connectivity index (χ1) is 9.13. The molecule has 2 N–H and O–H groups in total. The standard InChI is InChI=1S/C14H14FN3O/c1-2-18(12-6-4-3-5-11(12)15)14(19)10-7-8-17-13(16)9-10/h3-9H,2H2,1H3,(H2,16,17). The molecule has 0 radical (unpaired) electrons. The van der Waals surface area contributed by atoms with Gasteiger partial charge in [-0.05, 0) is 31.2 Å². The van der Waals surface area contributed by atoms with Gasteiger partial charge < -0.3 is 10.6 Å². The van der Waals surface area contributed by atoms with Crippen molar-refractivity contribution in [2.24, 2.45) is 0 Å². The van der Waals surface area contributed by atoms with Gasteiger partial charge in [-0.2, -0.15) is 0 Å². The highest BCUT2D eigenvalue weighted by Gasteiger charge is 2.18. The summed E-state index contributed by atoms with van der Waals surface area (Å²) < 4.78 is 13.8. The van der Waals surface area contributed by atoms with Gasteiger partial charge in [0.2, 0.25) is 0 Å². The number of para-hydroxylation sites is 1. The lowest BCUT2D eigenvalue weighted by Gasteiger charge is -2.21. The van der Waals surface area contributed by atoms with Gasteiger partial charge in [-0.3, -0.25) is 4.79 Å². The molecule has 4 nitrogen and oxygen atoms in total. The maximum Gasteiger partial charge on any atom is 0.258 e. The zero-order valence-electron chi connectivity index (χ0n) is 10.5. The Morgan fingerprint density at radius 2 is 2.11 bits per heavy atom. The molecule has 1 heterocycles. The van der Waals surface area contributed by atoms with Crippen LogP contribution in [0.3, 0.4) is 0 Å². The molecular weight excluding hydrogens is 245 g/mol. The number of halogens is 1. The number of carbonyl (C=O) groups excluding carboxylic acids is 1. The first-order valence-corrected chi connectivity index (χ1v) is 5.91. The second-order valence-corrected chi connectivity index (χ2v) is 3.97. The lowest BCUT2D eigenvalue weighted by atomic mass is 10.2. The van der Waals surface area contributed by atoms with E-state index in [0.717, 1.165) is 0 Å². The van der Waals surface area contributed by atoms with Crippen LogP contribution in [0.4, 0.5) is 15.9 Å². The van der Waals surface area contributed by atoms with Crippen molar-refractivity contribution in [3.8, 4) is 0 Å². The van der Waals surface area contributed by atoms with Crippen molar-refractivity contribution in [3.63, 3.8) is 0 Å². The number of amides is 1. The Hall–Kier alpha value is -2.43. The summed E-state index contributed by atoms with van der Waals surface area (Å²) in [6.45, 7) is 2.15. The zero-order valence-corrected chi connectivity index (χ0v) is 10.5. The van der Waals surface area contributed by atoms with E-state index in [1.807, 2.05) is 0 Å². The van der Waals surface area contributed by atoms with Crippen LogP contribution in [0.15, 0.2) is 42.6 Å². The van der Waals surface area contributed by atoms with Crippen molar-refractivity contribution < 1.29 is 9.18 Å². The third kappa shape index (κ3) is 2.70. The topological polar surface area (TPSA) is 59.2 Å². The van der Waals surface area contributed by atoms with Gasteiger partial charge in [-0.25, -0.2) is 9.37 Å². The Kier molecular flexibility index (Phi) is 3.75. The molecule has 1 aromatic carbocycles. The van der Waals surface area contributed by atoms with E-state index in [1.165, 1.54) is 23.2 Å². The van der Waals surface area contributed by atoms with Crippen LogP contribution < -0.4 is 10.6 Å². The minimum atomic E-state index is -0.431. The number of anilines is 2. The number of benzene rings is 1. The van der Waals surface area contributed by atoms with Crippen molar-refractivity contribution in [1.29, 1.82) is 0 Å². The number of nitrogen functional groups attached to an aromatic ring is 1. The van der Waals surface area contributed by atoms with Gasteiger partial charge in [0.25, 0.3) is 5.91 Å². The molecule has 0 fully saturated rings. The number of pyridine rings is 1. The zero-order chi connectivity index (χ0) is 13.8. The van der Waals surface area contributed by atoms with E-state index >= 15 is 0 Å². The third-order valence-electron chi connectivity index (χ3n) is 2.73. The van der Waals surface area contributed by atoms with Gasteiger partial charge >= 0.3 is 0 Å². The lowest BCUT2D eigenvalue weighted by molar-refractivity contribution is 0.0987. The molecule has 0 aliphatic rings. The second-order valence-electron chi connectivity index (χ2n) is 3.97. The summed E-state index contributed by atoms with van der Waals surface area (Å²) in [5, 5.41) is 0. The molecule has 5 heteroatoms. The Morgan fingerprint density at radius 1 is 1.37 bits per heavy atom. The molecule has 0 saturated carbocycles. The summed E-state index contributed by atoms with van der Waals surface area (Å²) >= 11 is 0. The van der Waals surface area contributed by atoms with E-state index in [-0.39, 0.29) is 17.4 Å². The molecule has 2 aromatic rings. The number of rotatable bonds is 3. The van der Waals surface area contributed by atoms with Crippen LogP contribution in [-0.4, -0.2) is 17.4 Å². The van der Waals surface area contributed by atoms with Crippen LogP contribution in [0, 0.1) is 5.82 Å². The van der Waals surface area contributed by atoms with Crippen molar-refractivity contribution in [2.75, 3.05) is 17.2 Å². The van der Waals surface area contributed by atoms with E-state index in [2.05, 4.69) is 4.98 Å². The van der Waals surface area contributed by atoms with E-state index in [0.29, 0.717) is 12.1 Å². The number of aromatic nitrogens is 1. The fourth-order valence-electron chi connectivity index (χ4n) is 1.83. The molecule has 2 rings (SSSR count). The largest absolute Gasteiger partial charge is 0.384 e. The fraction of sp³-hybridized carbons (Fsp3) is 0.143. The lowest BCUT2D eigenvalue weighted by Crippen LogP contribution is -2.31. The van der Waals surface area contributed by atoms with Gasteiger partial charge in [0.15, 0.2) is 0 Å². The number of hydrogen-bond donors (Lipinski definition) is 1. The average Bonchev–Trinajstić information content (AvgIpc) is 2.41. The van der Waals surface area contributed by atoms with Crippen LogP contribution in [-0.2, 0) is 0 Å². The van der Waals surface area contributed by atoms with Crippen molar-refractivity contribution in [1.82, 2.24) is 4.98 Å². The monoisotopic (exact) mass is 259 g/mol. The minimum absolute atomic E-state index is 0.255. The fourth-order valence-corrected chi connectivity index (χ4v) is 1.83. The summed E-state index contributed by atoms with van der Waals surface area (Å²) in [4.78, 5) is 17.6. The predicted octanol–water partition coefficient (Wildman–Crippen LogP) is 2.47. The van der Waals surface area contributed by atoms with Gasteiger partial charge in [0.05, 0.1) is 5.69 Å². The van der Waals surface area contributed by atoms with Gasteiger partial charge in [-0.15, -0.1) is 0 Å². The molecule has 1 amide bonds. The van der Waals surface area contributed by atoms with Gasteiger partial charge in [-0.1, -0.05) is 12.1 Å². The number of hydrogen-bond acceptors (Lipinski definition) is 3. The van der Waals surface area contributed by atoms with Crippen molar-refractivity contribution in [3.05, 3.63) is 54.0 Å². The molecule has 0 unspecified atom stereocenters. The number of nitrogens with zero attached hydrogens (tertiary/aromatic N) is 2. The highest BCUT2D eigenvalue weighted by molar-refractivity contribution is 6.06. The summed E-state index contributed by atoms with van der Waals surface area (Å²) in [6, 6.07) is 9.21. The van der Waals surface area contributed by atoms with Crippen LogP contribution >= 0.6 is 0 Å². The first kappa shape index (κ1) is 13.0. The molecule has 0 spiro atoms. The van der Waals surface area contributed by atoms with Crippen LogP contribution in [0.5, 0.6) is 0 Å². The van der Waals surface area contributed by atoms with Crippen molar-refractivity contribution in [2.45, 2.75) is 6.92 Å². The Labute approximate surface area is 110 Å². The summed E-state index contributed by atoms with van der Waals surface area (Å²) in [7, 11) is 0. The molecule has 1 aromatic heterocycles. The highest BCUT2D eigenvalue weighted by atomic mass is 19.1. The van der Waals surface area contributed by atoms with Crippen LogP contribution in [0.2, 0.25) is 0 Å². The normalized spacial score (nSPS) is 10.2. The van der Waals surface area contributed by atoms with E-state index in [9.17, 15) is 9.18 Å². The molecular formula is C14H14FN3O. The highest BCUT2D eigenvalue weighted by Crippen LogP contribution is 2.21. The third-order valence-corrected chi connectivity index (χ3v) is 2.73. The van der Waals surface area contributed by atoms with Crippen molar-refractivity contribution >= 4 is 17.4 Å². The number of nitrogens with two attached hydrogens (primary N) is 1. The molecule has 19 heavy (non-hydrogen) atoms. The van der Waals surface area contributed by atoms with E-state index < -0.39 is 5.82 Å². The Morgan fingerprint density at radius 3 is 2.74 bits per heavy atom. The number of carbonyl (C=O) groups is 1. The smallest absolute Gasteiger partial charge is 0.258 e. The molecule has 0 saturated heterocycles. The molecule has 0 aliphatic carbocycles. The maximum atomic E-state index is 13.8. The van der Waals surface area contributed by atoms with E-state index in [1.54, 1.807) is 31.2 Å². The average molecular weight is 259 g/mol. The van der Waals surface area contributed by atoms with Gasteiger partial charge in [0, 0.05) is 18.3 Å². The molecule has 0 aliphatic heterocycles. The summed E-state index contributed by atoms with van der Waals surface area (Å²) in [5.41, 5.74) is 6.19. The summed E-state index contributed by atoms with van der Waals surface area (Å²) in [6.07, 6.45) is 1.46. The molecule has 0 atom stereocenters. The predicted molar refractivity (Wildman–Crippen MR) is 72.4 cm³/mol. The van der Waals surface area contributed by atoms with Crippen LogP contribution in [0.25, 0.3) is 0 Å². The second kappa shape index (κ2) is 5.48. The quantitative estimate of drug-likeness (QED) is 0.921. The Bertz CT molecular complexity index is 601. The molecule has 98 valence electrons. The molecule has 0 bridgehead atoms. The minimum Gasteiger partial charge on any atom is -0.384 e. The van der Waals surface area contributed by atoms with Gasteiger partial charge in [0.1, 0.15) is 11.6 Å².